The van der Waals surface area contributed by atoms with Crippen molar-refractivity contribution >= 4 is 27.7 Å². The van der Waals surface area contributed by atoms with Gasteiger partial charge in [-0.1, -0.05) is 45.8 Å². The third-order valence-corrected chi connectivity index (χ3v) is 5.14. The topological polar surface area (TPSA) is 58.6 Å². The molecule has 2 rings (SSSR count). The van der Waals surface area contributed by atoms with Gasteiger partial charge in [0.25, 0.3) is 0 Å². The lowest BCUT2D eigenvalue weighted by molar-refractivity contribution is -0.140. The highest BCUT2D eigenvalue weighted by molar-refractivity contribution is 9.10. The van der Waals surface area contributed by atoms with E-state index in [0.29, 0.717) is 32.5 Å². The molecule has 0 aliphatic heterocycles. The van der Waals surface area contributed by atoms with Crippen LogP contribution in [0.3, 0.4) is 0 Å². The fourth-order valence-electron chi connectivity index (χ4n) is 2.88. The molecule has 0 saturated carbocycles. The zero-order valence-corrected chi connectivity index (χ0v) is 18.9. The second-order valence-electron chi connectivity index (χ2n) is 6.98. The van der Waals surface area contributed by atoms with Gasteiger partial charge in [-0.2, -0.15) is 0 Å². The molecule has 0 saturated heterocycles. The molecule has 0 aromatic heterocycles. The van der Waals surface area contributed by atoms with Crippen LogP contribution in [0.2, 0.25) is 0 Å². The summed E-state index contributed by atoms with van der Waals surface area (Å²) < 4.78 is 6.69. The molecule has 2 amide bonds. The van der Waals surface area contributed by atoms with Gasteiger partial charge in [-0.3, -0.25) is 9.59 Å². The van der Waals surface area contributed by atoms with E-state index in [-0.39, 0.29) is 11.8 Å². The summed E-state index contributed by atoms with van der Waals surface area (Å²) in [5.74, 6) is 0.596. The van der Waals surface area contributed by atoms with Crippen molar-refractivity contribution < 1.29 is 14.3 Å². The maximum absolute atomic E-state index is 12.9. The van der Waals surface area contributed by atoms with Crippen LogP contribution in [0, 0.1) is 6.92 Å². The third-order valence-electron chi connectivity index (χ3n) is 4.61. The largest absolute Gasteiger partial charge is 0.494 e. The molecule has 1 unspecified atom stereocenters. The van der Waals surface area contributed by atoms with Crippen molar-refractivity contribution in [3.8, 4) is 5.75 Å². The number of nitrogens with zero attached hydrogens (tertiary/aromatic N) is 1. The van der Waals surface area contributed by atoms with E-state index in [0.717, 1.165) is 15.8 Å². The minimum absolute atomic E-state index is 0.0563. The van der Waals surface area contributed by atoms with Gasteiger partial charge in [-0.25, -0.2) is 0 Å². The predicted octanol–water partition coefficient (Wildman–Crippen LogP) is 4.47. The van der Waals surface area contributed by atoms with E-state index in [9.17, 15) is 9.59 Å². The monoisotopic (exact) mass is 460 g/mol. The molecule has 1 atom stereocenters. The summed E-state index contributed by atoms with van der Waals surface area (Å²) in [4.78, 5) is 26.9. The second-order valence-corrected chi connectivity index (χ2v) is 7.90. The number of hydrogen-bond acceptors (Lipinski definition) is 3. The predicted molar refractivity (Wildman–Crippen MR) is 119 cm³/mol. The Kier molecular flexibility index (Phi) is 9.19. The van der Waals surface area contributed by atoms with Crippen LogP contribution in [0.25, 0.3) is 0 Å². The van der Waals surface area contributed by atoms with Crippen molar-refractivity contribution in [2.24, 2.45) is 0 Å². The molecular formula is C23H29BrN2O3. The van der Waals surface area contributed by atoms with Crippen LogP contribution in [0.1, 0.15) is 37.8 Å². The van der Waals surface area contributed by atoms with Gasteiger partial charge in [0, 0.05) is 24.0 Å². The van der Waals surface area contributed by atoms with E-state index in [1.165, 1.54) is 5.56 Å². The summed E-state index contributed by atoms with van der Waals surface area (Å²) in [5.41, 5.74) is 2.16. The number of benzene rings is 2. The van der Waals surface area contributed by atoms with E-state index in [1.54, 1.807) is 11.8 Å². The van der Waals surface area contributed by atoms with Crippen molar-refractivity contribution in [2.75, 3.05) is 13.2 Å². The molecule has 0 aliphatic rings. The highest BCUT2D eigenvalue weighted by Crippen LogP contribution is 2.16. The molecule has 0 fully saturated rings. The van der Waals surface area contributed by atoms with Crippen LogP contribution >= 0.6 is 15.9 Å². The molecule has 29 heavy (non-hydrogen) atoms. The fourth-order valence-corrected chi connectivity index (χ4v) is 3.15. The quantitative estimate of drug-likeness (QED) is 0.532. The van der Waals surface area contributed by atoms with E-state index in [4.69, 9.17) is 4.74 Å². The summed E-state index contributed by atoms with van der Waals surface area (Å²) in [6, 6.07) is 15.1. The first-order chi connectivity index (χ1) is 13.9. The van der Waals surface area contributed by atoms with Gasteiger partial charge >= 0.3 is 0 Å². The van der Waals surface area contributed by atoms with Gasteiger partial charge in [-0.15, -0.1) is 0 Å². The first kappa shape index (κ1) is 22.9. The minimum Gasteiger partial charge on any atom is -0.494 e. The summed E-state index contributed by atoms with van der Waals surface area (Å²) in [6.07, 6.45) is 0.914. The third kappa shape index (κ3) is 7.54. The second kappa shape index (κ2) is 11.6. The standard InChI is InChI=1S/C23H29BrN2O3/c1-4-25-23(28)18(3)26(16-19-9-11-20(24)12-10-19)22(27)6-5-15-29-21-13-7-17(2)8-14-21/h7-14,18H,4-6,15-16H2,1-3H3,(H,25,28). The number of nitrogens with one attached hydrogen (secondary N) is 1. The Labute approximate surface area is 181 Å². The zero-order chi connectivity index (χ0) is 21.2. The van der Waals surface area contributed by atoms with Gasteiger partial charge in [-0.05, 0) is 57.0 Å². The minimum atomic E-state index is -0.538. The molecule has 2 aromatic carbocycles. The number of carbonyl (C=O) groups excluding carboxylic acids is 2. The molecule has 0 radical (unpaired) electrons. The van der Waals surface area contributed by atoms with E-state index in [1.807, 2.05) is 62.4 Å². The van der Waals surface area contributed by atoms with Gasteiger partial charge in [0.1, 0.15) is 11.8 Å². The Morgan fingerprint density at radius 3 is 2.38 bits per heavy atom. The smallest absolute Gasteiger partial charge is 0.242 e. The van der Waals surface area contributed by atoms with Crippen LogP contribution in [-0.2, 0) is 16.1 Å². The van der Waals surface area contributed by atoms with E-state index < -0.39 is 6.04 Å². The van der Waals surface area contributed by atoms with Gasteiger partial charge in [0.15, 0.2) is 0 Å². The van der Waals surface area contributed by atoms with Crippen LogP contribution in [-0.4, -0.2) is 35.9 Å². The van der Waals surface area contributed by atoms with Crippen molar-refractivity contribution in [1.29, 1.82) is 0 Å². The molecule has 2 aromatic rings. The molecule has 5 nitrogen and oxygen atoms in total. The molecular weight excluding hydrogens is 432 g/mol. The van der Waals surface area contributed by atoms with Crippen molar-refractivity contribution in [1.82, 2.24) is 10.2 Å². The first-order valence-corrected chi connectivity index (χ1v) is 10.7. The van der Waals surface area contributed by atoms with Crippen LogP contribution < -0.4 is 10.1 Å². The Balaban J connectivity index is 1.96. The van der Waals surface area contributed by atoms with Gasteiger partial charge in [0.2, 0.25) is 11.8 Å². The van der Waals surface area contributed by atoms with Gasteiger partial charge < -0.3 is 15.0 Å². The van der Waals surface area contributed by atoms with Crippen molar-refractivity contribution in [3.63, 3.8) is 0 Å². The number of aryl methyl sites for hydroxylation is 1. The Morgan fingerprint density at radius 2 is 1.76 bits per heavy atom. The summed E-state index contributed by atoms with van der Waals surface area (Å²) >= 11 is 3.42. The fraction of sp³-hybridized carbons (Fsp3) is 0.391. The number of rotatable bonds is 10. The SMILES string of the molecule is CCNC(=O)C(C)N(Cc1ccc(Br)cc1)C(=O)CCCOc1ccc(C)cc1. The van der Waals surface area contributed by atoms with Crippen LogP contribution in [0.4, 0.5) is 0 Å². The number of halogens is 1. The molecule has 0 heterocycles. The van der Waals surface area contributed by atoms with Crippen LogP contribution in [0.5, 0.6) is 5.75 Å². The van der Waals surface area contributed by atoms with Crippen molar-refractivity contribution in [3.05, 3.63) is 64.1 Å². The average Bonchev–Trinajstić information content (AvgIpc) is 2.71. The summed E-state index contributed by atoms with van der Waals surface area (Å²) in [6.45, 7) is 7.05. The van der Waals surface area contributed by atoms with Crippen LogP contribution in [0.15, 0.2) is 53.0 Å². The number of amides is 2. The Morgan fingerprint density at radius 1 is 1.10 bits per heavy atom. The molecule has 156 valence electrons. The Hall–Kier alpha value is -2.34. The molecule has 0 aliphatic carbocycles. The molecule has 1 N–H and O–H groups in total. The van der Waals surface area contributed by atoms with Crippen molar-refractivity contribution in [2.45, 2.75) is 46.2 Å². The number of carbonyl (C=O) groups is 2. The van der Waals surface area contributed by atoms with E-state index >= 15 is 0 Å². The maximum atomic E-state index is 12.9. The molecule has 0 spiro atoms. The zero-order valence-electron chi connectivity index (χ0n) is 17.3. The average molecular weight is 461 g/mol. The highest BCUT2D eigenvalue weighted by atomic mass is 79.9. The normalized spacial score (nSPS) is 11.6. The number of likely N-dealkylation sites (N-methyl/N-ethyl adjacent to an activating group) is 1. The molecule has 6 heteroatoms. The first-order valence-electron chi connectivity index (χ1n) is 9.91. The lowest BCUT2D eigenvalue weighted by atomic mass is 10.1. The lowest BCUT2D eigenvalue weighted by Gasteiger charge is -2.28. The highest BCUT2D eigenvalue weighted by Gasteiger charge is 2.25. The number of ether oxygens (including phenoxy) is 1. The van der Waals surface area contributed by atoms with Gasteiger partial charge in [0.05, 0.1) is 6.61 Å². The maximum Gasteiger partial charge on any atom is 0.242 e. The Bertz CT molecular complexity index is 791. The van der Waals surface area contributed by atoms with E-state index in [2.05, 4.69) is 21.2 Å². The lowest BCUT2D eigenvalue weighted by Crippen LogP contribution is -2.47. The summed E-state index contributed by atoms with van der Waals surface area (Å²) in [5, 5.41) is 2.80. The summed E-state index contributed by atoms with van der Waals surface area (Å²) in [7, 11) is 0. The molecule has 0 bridgehead atoms. The number of hydrogen-bond donors (Lipinski definition) is 1.